The van der Waals surface area contributed by atoms with Gasteiger partial charge in [-0.1, -0.05) is 35.9 Å². The standard InChI is InChI=1S/C27H31ClF2N4O/c1-33-25(35)27(32-26(33)31)21(13-17-9-11-34(12-10-17)16-24(29)30)8-7-18-5-6-20(15-23(18)27)19-3-2-4-22(28)14-19/h2-6,14-15,17,21,24H,7-13,16H2,1H3,(H2,31,32)/t21-,27+/m1/s1. The van der Waals surface area contributed by atoms with Crippen LogP contribution >= 0.6 is 11.6 Å². The third kappa shape index (κ3) is 4.45. The van der Waals surface area contributed by atoms with Gasteiger partial charge in [0.15, 0.2) is 11.5 Å². The molecule has 35 heavy (non-hydrogen) atoms. The lowest BCUT2D eigenvalue weighted by Crippen LogP contribution is -2.48. The summed E-state index contributed by atoms with van der Waals surface area (Å²) in [6, 6.07) is 14.0. The third-order valence-corrected chi connectivity index (χ3v) is 8.25. The van der Waals surface area contributed by atoms with Crippen molar-refractivity contribution in [2.24, 2.45) is 22.6 Å². The highest BCUT2D eigenvalue weighted by atomic mass is 35.5. The molecule has 1 fully saturated rings. The second-order valence-corrected chi connectivity index (χ2v) is 10.5. The Labute approximate surface area is 209 Å². The predicted octanol–water partition coefficient (Wildman–Crippen LogP) is 4.92. The van der Waals surface area contributed by atoms with Gasteiger partial charge in [0.05, 0.1) is 6.54 Å². The zero-order valence-electron chi connectivity index (χ0n) is 19.9. The number of halogens is 3. The number of aliphatic imine (C=N–C) groups is 1. The quantitative estimate of drug-likeness (QED) is 0.634. The van der Waals surface area contributed by atoms with E-state index in [2.05, 4.69) is 18.2 Å². The number of guanidine groups is 1. The van der Waals surface area contributed by atoms with Crippen molar-refractivity contribution in [2.75, 3.05) is 26.7 Å². The highest BCUT2D eigenvalue weighted by molar-refractivity contribution is 6.30. The summed E-state index contributed by atoms with van der Waals surface area (Å²) in [5.74, 6) is 0.540. The third-order valence-electron chi connectivity index (χ3n) is 8.02. The maximum Gasteiger partial charge on any atom is 0.261 e. The number of fused-ring (bicyclic) bond motifs is 2. The van der Waals surface area contributed by atoms with Crippen LogP contribution in [0.3, 0.4) is 0 Å². The van der Waals surface area contributed by atoms with E-state index in [0.717, 1.165) is 54.4 Å². The lowest BCUT2D eigenvalue weighted by molar-refractivity contribution is -0.133. The van der Waals surface area contributed by atoms with Gasteiger partial charge in [0.2, 0.25) is 0 Å². The summed E-state index contributed by atoms with van der Waals surface area (Å²) in [6.45, 7) is 1.18. The predicted molar refractivity (Wildman–Crippen MR) is 135 cm³/mol. The van der Waals surface area contributed by atoms with Crippen LogP contribution in [0, 0.1) is 11.8 Å². The molecule has 1 spiro atoms. The molecule has 0 bridgehead atoms. The Hall–Kier alpha value is -2.51. The van der Waals surface area contributed by atoms with E-state index in [4.69, 9.17) is 22.3 Å². The average Bonchev–Trinajstić information content (AvgIpc) is 3.06. The summed E-state index contributed by atoms with van der Waals surface area (Å²) in [7, 11) is 1.69. The number of hydrogen-bond donors (Lipinski definition) is 1. The first-order chi connectivity index (χ1) is 16.8. The number of likely N-dealkylation sites (tertiary alicyclic amines) is 1. The van der Waals surface area contributed by atoms with E-state index in [9.17, 15) is 13.6 Å². The van der Waals surface area contributed by atoms with Crippen LogP contribution in [-0.4, -0.2) is 54.8 Å². The molecule has 1 saturated heterocycles. The first kappa shape index (κ1) is 24.2. The van der Waals surface area contributed by atoms with Crippen LogP contribution in [0.5, 0.6) is 0 Å². The molecule has 0 unspecified atom stereocenters. The Bertz CT molecular complexity index is 1150. The van der Waals surface area contributed by atoms with E-state index in [1.807, 2.05) is 29.2 Å². The highest BCUT2D eigenvalue weighted by Gasteiger charge is 2.56. The Morgan fingerprint density at radius 3 is 2.54 bits per heavy atom. The number of amides is 1. The lowest BCUT2D eigenvalue weighted by atomic mass is 9.65. The molecule has 2 N–H and O–H groups in total. The Balaban J connectivity index is 1.48. The topological polar surface area (TPSA) is 61.9 Å². The molecule has 2 aromatic carbocycles. The van der Waals surface area contributed by atoms with Crippen molar-refractivity contribution in [3.63, 3.8) is 0 Å². The van der Waals surface area contributed by atoms with Crippen LogP contribution in [-0.2, 0) is 16.8 Å². The number of carbonyl (C=O) groups is 1. The minimum absolute atomic E-state index is 0.00672. The minimum Gasteiger partial charge on any atom is -0.369 e. The molecule has 2 aromatic rings. The van der Waals surface area contributed by atoms with Gasteiger partial charge in [-0.25, -0.2) is 13.8 Å². The van der Waals surface area contributed by atoms with Crippen LogP contribution in [0.25, 0.3) is 11.1 Å². The number of nitrogens with two attached hydrogens (primary N) is 1. The van der Waals surface area contributed by atoms with Gasteiger partial charge in [0.25, 0.3) is 12.3 Å². The first-order valence-electron chi connectivity index (χ1n) is 12.3. The minimum atomic E-state index is -2.30. The van der Waals surface area contributed by atoms with Crippen molar-refractivity contribution in [2.45, 2.75) is 44.1 Å². The molecule has 1 aliphatic carbocycles. The average molecular weight is 501 g/mol. The van der Waals surface area contributed by atoms with Crippen molar-refractivity contribution >= 4 is 23.5 Å². The molecule has 2 heterocycles. The SMILES string of the molecule is CN1C(=O)[C@@]2(N=C1N)c1cc(-c3cccc(Cl)c3)ccc1CC[C@@H]2CC1CCN(CC(F)F)CC1. The summed E-state index contributed by atoms with van der Waals surface area (Å²) in [5, 5.41) is 0.657. The van der Waals surface area contributed by atoms with Gasteiger partial charge in [-0.15, -0.1) is 0 Å². The fourth-order valence-electron chi connectivity index (χ4n) is 6.15. The molecule has 5 nitrogen and oxygen atoms in total. The number of aryl methyl sites for hydroxylation is 1. The molecule has 0 radical (unpaired) electrons. The number of piperidine rings is 1. The van der Waals surface area contributed by atoms with Gasteiger partial charge < -0.3 is 5.73 Å². The monoisotopic (exact) mass is 500 g/mol. The number of alkyl halides is 2. The second-order valence-electron chi connectivity index (χ2n) is 10.1. The Morgan fingerprint density at radius 1 is 1.14 bits per heavy atom. The molecule has 1 amide bonds. The van der Waals surface area contributed by atoms with Gasteiger partial charge in [0, 0.05) is 12.1 Å². The number of carbonyl (C=O) groups excluding carboxylic acids is 1. The maximum absolute atomic E-state index is 13.8. The number of benzene rings is 2. The molecule has 0 saturated carbocycles. The largest absolute Gasteiger partial charge is 0.369 e. The summed E-state index contributed by atoms with van der Waals surface area (Å²) in [6.07, 6.45) is 1.96. The van der Waals surface area contributed by atoms with Gasteiger partial charge in [-0.05, 0) is 97.5 Å². The summed E-state index contributed by atoms with van der Waals surface area (Å²) in [5.41, 5.74) is 9.21. The molecule has 8 heteroatoms. The van der Waals surface area contributed by atoms with Crippen LogP contribution in [0.4, 0.5) is 8.78 Å². The van der Waals surface area contributed by atoms with E-state index in [1.54, 1.807) is 7.05 Å². The van der Waals surface area contributed by atoms with Gasteiger partial charge >= 0.3 is 0 Å². The number of hydrogen-bond acceptors (Lipinski definition) is 4. The molecular formula is C27H31ClF2N4O. The normalized spacial score (nSPS) is 25.4. The molecular weight excluding hydrogens is 470 g/mol. The summed E-state index contributed by atoms with van der Waals surface area (Å²) < 4.78 is 25.6. The molecule has 2 aliphatic heterocycles. The smallest absolute Gasteiger partial charge is 0.261 e. The van der Waals surface area contributed by atoms with E-state index < -0.39 is 12.0 Å². The van der Waals surface area contributed by atoms with Gasteiger partial charge in [0.1, 0.15) is 0 Å². The van der Waals surface area contributed by atoms with Crippen molar-refractivity contribution in [1.29, 1.82) is 0 Å². The van der Waals surface area contributed by atoms with Crippen LogP contribution in [0.15, 0.2) is 47.5 Å². The van der Waals surface area contributed by atoms with Crippen molar-refractivity contribution in [3.8, 4) is 11.1 Å². The first-order valence-corrected chi connectivity index (χ1v) is 12.7. The van der Waals surface area contributed by atoms with E-state index in [-0.39, 0.29) is 24.3 Å². The fourth-order valence-corrected chi connectivity index (χ4v) is 6.34. The van der Waals surface area contributed by atoms with Crippen molar-refractivity contribution < 1.29 is 13.6 Å². The summed E-state index contributed by atoms with van der Waals surface area (Å²) in [4.78, 5) is 22.0. The van der Waals surface area contributed by atoms with Crippen molar-refractivity contribution in [1.82, 2.24) is 9.80 Å². The molecule has 2 atom stereocenters. The zero-order chi connectivity index (χ0) is 24.7. The maximum atomic E-state index is 13.8. The van der Waals surface area contributed by atoms with Crippen LogP contribution in [0.2, 0.25) is 5.02 Å². The van der Waals surface area contributed by atoms with E-state index >= 15 is 0 Å². The Kier molecular flexibility index (Phi) is 6.57. The summed E-state index contributed by atoms with van der Waals surface area (Å²) >= 11 is 6.25. The molecule has 186 valence electrons. The number of nitrogens with zero attached hydrogens (tertiary/aromatic N) is 3. The van der Waals surface area contributed by atoms with Gasteiger partial charge in [-0.2, -0.15) is 0 Å². The fraction of sp³-hybridized carbons (Fsp3) is 0.481. The highest BCUT2D eigenvalue weighted by Crippen LogP contribution is 2.50. The molecule has 5 rings (SSSR count). The number of likely N-dealkylation sites (N-methyl/N-ethyl adjacent to an activating group) is 1. The molecule has 3 aliphatic rings. The van der Waals surface area contributed by atoms with E-state index in [1.165, 1.54) is 4.90 Å². The zero-order valence-corrected chi connectivity index (χ0v) is 20.6. The van der Waals surface area contributed by atoms with Crippen molar-refractivity contribution in [3.05, 3.63) is 58.6 Å². The van der Waals surface area contributed by atoms with E-state index in [0.29, 0.717) is 24.0 Å². The van der Waals surface area contributed by atoms with Crippen LogP contribution in [0.1, 0.15) is 36.8 Å². The Morgan fingerprint density at radius 2 is 1.89 bits per heavy atom. The second kappa shape index (κ2) is 9.51. The lowest BCUT2D eigenvalue weighted by Gasteiger charge is -2.42. The van der Waals surface area contributed by atoms with Crippen LogP contribution < -0.4 is 5.73 Å². The molecule has 0 aromatic heterocycles. The van der Waals surface area contributed by atoms with Gasteiger partial charge in [-0.3, -0.25) is 14.6 Å². The number of rotatable bonds is 5.